The molecule has 1 amide bonds. The van der Waals surface area contributed by atoms with E-state index in [9.17, 15) is 4.79 Å². The van der Waals surface area contributed by atoms with Gasteiger partial charge >= 0.3 is 0 Å². The van der Waals surface area contributed by atoms with Gasteiger partial charge in [-0.2, -0.15) is 0 Å². The first-order valence-corrected chi connectivity index (χ1v) is 7.56. The summed E-state index contributed by atoms with van der Waals surface area (Å²) in [6.45, 7) is 3.81. The topological polar surface area (TPSA) is 64.3 Å². The van der Waals surface area contributed by atoms with Crippen LogP contribution in [0.15, 0.2) is 22.7 Å². The second kappa shape index (κ2) is 7.04. The van der Waals surface area contributed by atoms with Gasteiger partial charge in [-0.25, -0.2) is 0 Å². The molecule has 1 rings (SSSR count). The molecule has 0 bridgehead atoms. The number of rotatable bonds is 6. The lowest BCUT2D eigenvalue weighted by molar-refractivity contribution is -0.122. The van der Waals surface area contributed by atoms with Gasteiger partial charge in [0.1, 0.15) is 5.75 Å². The highest BCUT2D eigenvalue weighted by Gasteiger charge is 2.38. The second-order valence-electron chi connectivity index (χ2n) is 4.46. The van der Waals surface area contributed by atoms with Crippen molar-refractivity contribution in [1.82, 2.24) is 0 Å². The normalized spacial score (nSPS) is 11.0. The van der Waals surface area contributed by atoms with Crippen LogP contribution in [0.4, 0.5) is 5.69 Å². The minimum atomic E-state index is -0.810. The molecule has 0 radical (unpaired) electrons. The Balaban J connectivity index is 3.03. The summed E-state index contributed by atoms with van der Waals surface area (Å²) in [7, 11) is 1.57. The molecule has 0 atom stereocenters. The van der Waals surface area contributed by atoms with E-state index in [0.29, 0.717) is 24.3 Å². The number of thiocarbonyl (C=S) groups is 1. The van der Waals surface area contributed by atoms with Crippen molar-refractivity contribution < 1.29 is 9.53 Å². The van der Waals surface area contributed by atoms with Crippen LogP contribution in [0.3, 0.4) is 0 Å². The van der Waals surface area contributed by atoms with Crippen LogP contribution in [0.1, 0.15) is 26.7 Å². The molecule has 4 nitrogen and oxygen atoms in total. The minimum Gasteiger partial charge on any atom is -0.495 e. The van der Waals surface area contributed by atoms with E-state index in [2.05, 4.69) is 21.2 Å². The second-order valence-corrected chi connectivity index (χ2v) is 5.75. The van der Waals surface area contributed by atoms with Crippen molar-refractivity contribution in [1.29, 1.82) is 0 Å². The van der Waals surface area contributed by atoms with Gasteiger partial charge in [0.15, 0.2) is 0 Å². The van der Waals surface area contributed by atoms with Crippen LogP contribution in [0.2, 0.25) is 0 Å². The number of ether oxygens (including phenoxy) is 1. The summed E-state index contributed by atoms with van der Waals surface area (Å²) >= 11 is 8.44. The molecule has 3 N–H and O–H groups in total. The average Bonchev–Trinajstić information content (AvgIpc) is 2.42. The monoisotopic (exact) mass is 358 g/mol. The predicted molar refractivity (Wildman–Crippen MR) is 89.1 cm³/mol. The van der Waals surface area contributed by atoms with E-state index < -0.39 is 5.41 Å². The van der Waals surface area contributed by atoms with Crippen molar-refractivity contribution in [3.05, 3.63) is 22.7 Å². The van der Waals surface area contributed by atoms with E-state index in [1.54, 1.807) is 19.2 Å². The molecule has 0 unspecified atom stereocenters. The standard InChI is InChI=1S/C14H19BrN2O2S/c1-4-14(5-2,12(16)20)13(18)17-9-6-7-10(15)11(8-9)19-3/h6-8H,4-5H2,1-3H3,(H2,16,20)(H,17,18). The Bertz CT molecular complexity index is 516. The Morgan fingerprint density at radius 1 is 1.45 bits per heavy atom. The molecule has 110 valence electrons. The van der Waals surface area contributed by atoms with Crippen LogP contribution >= 0.6 is 28.1 Å². The molecule has 0 saturated heterocycles. The van der Waals surface area contributed by atoms with Crippen LogP contribution in [-0.4, -0.2) is 18.0 Å². The van der Waals surface area contributed by atoms with Gasteiger partial charge in [0.05, 0.1) is 22.0 Å². The number of nitrogens with one attached hydrogen (secondary N) is 1. The zero-order valence-electron chi connectivity index (χ0n) is 11.8. The number of benzene rings is 1. The average molecular weight is 359 g/mol. The molecule has 0 fully saturated rings. The van der Waals surface area contributed by atoms with E-state index >= 15 is 0 Å². The number of carbonyl (C=O) groups excluding carboxylic acids is 1. The molecule has 20 heavy (non-hydrogen) atoms. The number of hydrogen-bond acceptors (Lipinski definition) is 3. The van der Waals surface area contributed by atoms with E-state index in [-0.39, 0.29) is 10.9 Å². The van der Waals surface area contributed by atoms with Crippen molar-refractivity contribution in [3.63, 3.8) is 0 Å². The maximum Gasteiger partial charge on any atom is 0.237 e. The van der Waals surface area contributed by atoms with Gasteiger partial charge in [0.2, 0.25) is 5.91 Å². The molecule has 0 spiro atoms. The summed E-state index contributed by atoms with van der Waals surface area (Å²) in [6.07, 6.45) is 1.14. The summed E-state index contributed by atoms with van der Waals surface area (Å²) in [5.41, 5.74) is 5.61. The molecule has 0 aliphatic heterocycles. The van der Waals surface area contributed by atoms with Gasteiger partial charge < -0.3 is 15.8 Å². The molecule has 1 aromatic rings. The molecule has 0 aliphatic carbocycles. The quantitative estimate of drug-likeness (QED) is 0.764. The van der Waals surface area contributed by atoms with E-state index in [0.717, 1.165) is 4.47 Å². The summed E-state index contributed by atoms with van der Waals surface area (Å²) in [6, 6.07) is 5.35. The first-order valence-electron chi connectivity index (χ1n) is 6.36. The number of hydrogen-bond donors (Lipinski definition) is 2. The van der Waals surface area contributed by atoms with Crippen LogP contribution in [0.25, 0.3) is 0 Å². The van der Waals surface area contributed by atoms with Crippen LogP contribution < -0.4 is 15.8 Å². The van der Waals surface area contributed by atoms with Gasteiger partial charge in [0, 0.05) is 11.8 Å². The Hall–Kier alpha value is -1.14. The molecular formula is C14H19BrN2O2S. The number of amides is 1. The number of halogens is 1. The van der Waals surface area contributed by atoms with Crippen molar-refractivity contribution in [3.8, 4) is 5.75 Å². The first kappa shape index (κ1) is 16.9. The highest BCUT2D eigenvalue weighted by Crippen LogP contribution is 2.31. The predicted octanol–water partition coefficient (Wildman–Crippen LogP) is 3.49. The lowest BCUT2D eigenvalue weighted by atomic mass is 9.81. The Morgan fingerprint density at radius 3 is 2.50 bits per heavy atom. The third-order valence-electron chi connectivity index (χ3n) is 3.52. The fraction of sp³-hybridized carbons (Fsp3) is 0.429. The number of nitrogens with two attached hydrogens (primary N) is 1. The summed E-state index contributed by atoms with van der Waals surface area (Å²) in [5, 5.41) is 2.86. The maximum atomic E-state index is 12.5. The number of carbonyl (C=O) groups is 1. The van der Waals surface area contributed by atoms with E-state index in [1.165, 1.54) is 0 Å². The highest BCUT2D eigenvalue weighted by atomic mass is 79.9. The third-order valence-corrected chi connectivity index (χ3v) is 4.57. The van der Waals surface area contributed by atoms with Crippen LogP contribution in [-0.2, 0) is 4.79 Å². The minimum absolute atomic E-state index is 0.181. The smallest absolute Gasteiger partial charge is 0.237 e. The first-order chi connectivity index (χ1) is 9.41. The lowest BCUT2D eigenvalue weighted by Crippen LogP contribution is -2.45. The Labute approximate surface area is 133 Å². The fourth-order valence-electron chi connectivity index (χ4n) is 2.02. The Kier molecular flexibility index (Phi) is 5.95. The molecule has 0 heterocycles. The summed E-state index contributed by atoms with van der Waals surface area (Å²) < 4.78 is 6.03. The number of anilines is 1. The van der Waals surface area contributed by atoms with Crippen molar-refractivity contribution in [2.75, 3.05) is 12.4 Å². The van der Waals surface area contributed by atoms with Crippen molar-refractivity contribution in [2.24, 2.45) is 11.1 Å². The van der Waals surface area contributed by atoms with Crippen LogP contribution in [0, 0.1) is 5.41 Å². The lowest BCUT2D eigenvalue weighted by Gasteiger charge is -2.29. The largest absolute Gasteiger partial charge is 0.495 e. The molecule has 0 aromatic heterocycles. The van der Waals surface area contributed by atoms with Gasteiger partial charge in [-0.3, -0.25) is 4.79 Å². The maximum absolute atomic E-state index is 12.5. The van der Waals surface area contributed by atoms with Gasteiger partial charge in [-0.05, 0) is 40.9 Å². The summed E-state index contributed by atoms with van der Waals surface area (Å²) in [4.78, 5) is 12.7. The van der Waals surface area contributed by atoms with E-state index in [4.69, 9.17) is 22.7 Å². The SMILES string of the molecule is CCC(CC)(C(=O)Nc1ccc(Br)c(OC)c1)C(N)=S. The Morgan fingerprint density at radius 2 is 2.05 bits per heavy atom. The van der Waals surface area contributed by atoms with Gasteiger partial charge in [-0.1, -0.05) is 26.1 Å². The molecule has 1 aromatic carbocycles. The molecule has 0 aliphatic rings. The molecule has 0 saturated carbocycles. The number of methoxy groups -OCH3 is 1. The van der Waals surface area contributed by atoms with E-state index in [1.807, 2.05) is 19.9 Å². The highest BCUT2D eigenvalue weighted by molar-refractivity contribution is 9.10. The third kappa shape index (κ3) is 3.30. The van der Waals surface area contributed by atoms with Crippen molar-refractivity contribution in [2.45, 2.75) is 26.7 Å². The van der Waals surface area contributed by atoms with Crippen molar-refractivity contribution >= 4 is 44.7 Å². The molecule has 6 heteroatoms. The molecular weight excluding hydrogens is 340 g/mol. The zero-order valence-corrected chi connectivity index (χ0v) is 14.2. The van der Waals surface area contributed by atoms with Gasteiger partial charge in [0.25, 0.3) is 0 Å². The summed E-state index contributed by atoms with van der Waals surface area (Å²) in [5.74, 6) is 0.469. The van der Waals surface area contributed by atoms with Gasteiger partial charge in [-0.15, -0.1) is 0 Å². The zero-order chi connectivity index (χ0) is 15.3. The van der Waals surface area contributed by atoms with Crippen LogP contribution in [0.5, 0.6) is 5.75 Å². The fourth-order valence-corrected chi connectivity index (χ4v) is 2.81.